The van der Waals surface area contributed by atoms with Crippen LogP contribution in [0.2, 0.25) is 0 Å². The number of benzene rings is 1. The van der Waals surface area contributed by atoms with E-state index in [1.54, 1.807) is 0 Å². The van der Waals surface area contributed by atoms with Crippen LogP contribution in [0.4, 0.5) is 0 Å². The number of hydrogen-bond donors (Lipinski definition) is 1. The topological polar surface area (TPSA) is 38.0 Å². The van der Waals surface area contributed by atoms with Gasteiger partial charge in [0.05, 0.1) is 11.3 Å². The summed E-state index contributed by atoms with van der Waals surface area (Å²) < 4.78 is 1.92. The first-order valence-electron chi connectivity index (χ1n) is 6.77. The fraction of sp³-hybridized carbons (Fsp3) is 0.438. The summed E-state index contributed by atoms with van der Waals surface area (Å²) in [6, 6.07) is 12.4. The minimum Gasteiger partial charge on any atom is -0.389 e. The van der Waals surface area contributed by atoms with Crippen molar-refractivity contribution in [3.8, 4) is 0 Å². The van der Waals surface area contributed by atoms with E-state index in [-0.39, 0.29) is 0 Å². The smallest absolute Gasteiger partial charge is 0.0715 e. The summed E-state index contributed by atoms with van der Waals surface area (Å²) in [5.41, 5.74) is 1.32. The molecule has 0 aliphatic rings. The molecule has 0 fully saturated rings. The van der Waals surface area contributed by atoms with Gasteiger partial charge in [-0.05, 0) is 32.4 Å². The Morgan fingerprint density at radius 2 is 1.84 bits per heavy atom. The van der Waals surface area contributed by atoms with Crippen LogP contribution < -0.4 is 0 Å². The molecule has 2 rings (SSSR count). The average Bonchev–Trinajstić information content (AvgIpc) is 2.77. The summed E-state index contributed by atoms with van der Waals surface area (Å²) in [5, 5.41) is 15.0. The van der Waals surface area contributed by atoms with E-state index in [1.807, 2.05) is 54.2 Å². The van der Waals surface area contributed by atoms with Gasteiger partial charge in [-0.3, -0.25) is 4.68 Å². The lowest BCUT2D eigenvalue weighted by Crippen LogP contribution is -2.30. The summed E-state index contributed by atoms with van der Waals surface area (Å²) >= 11 is 0. The number of hydrogen-bond acceptors (Lipinski definition) is 2. The van der Waals surface area contributed by atoms with Gasteiger partial charge in [0.15, 0.2) is 0 Å². The Morgan fingerprint density at radius 1 is 1.16 bits per heavy atom. The molecule has 0 radical (unpaired) electrons. The first-order chi connectivity index (χ1) is 8.96. The molecular weight excluding hydrogens is 236 g/mol. The molecule has 0 amide bonds. The van der Waals surface area contributed by atoms with Crippen molar-refractivity contribution in [3.63, 3.8) is 0 Å². The van der Waals surface area contributed by atoms with Crippen LogP contribution >= 0.6 is 0 Å². The third-order valence-electron chi connectivity index (χ3n) is 3.18. The van der Waals surface area contributed by atoms with E-state index in [0.717, 1.165) is 11.3 Å². The molecule has 0 spiro atoms. The lowest BCUT2D eigenvalue weighted by Gasteiger charge is -2.22. The SMILES string of the molecule is CC(C)n1ccc(CC(C)(O)Cc2ccccc2)n1. The lowest BCUT2D eigenvalue weighted by atomic mass is 9.92. The molecule has 3 heteroatoms. The summed E-state index contributed by atoms with van der Waals surface area (Å²) in [6.07, 6.45) is 3.18. The highest BCUT2D eigenvalue weighted by molar-refractivity contribution is 5.18. The molecule has 1 aromatic carbocycles. The number of rotatable bonds is 5. The zero-order valence-electron chi connectivity index (χ0n) is 11.9. The van der Waals surface area contributed by atoms with Gasteiger partial charge in [-0.1, -0.05) is 30.3 Å². The van der Waals surface area contributed by atoms with Gasteiger partial charge in [-0.2, -0.15) is 5.10 Å². The van der Waals surface area contributed by atoms with Crippen molar-refractivity contribution in [2.24, 2.45) is 0 Å². The molecular formula is C16H22N2O. The third-order valence-corrected chi connectivity index (χ3v) is 3.18. The average molecular weight is 258 g/mol. The minimum atomic E-state index is -0.766. The summed E-state index contributed by atoms with van der Waals surface area (Å²) in [4.78, 5) is 0. The van der Waals surface area contributed by atoms with Crippen molar-refractivity contribution in [2.45, 2.75) is 45.3 Å². The molecule has 2 aromatic rings. The highest BCUT2D eigenvalue weighted by atomic mass is 16.3. The van der Waals surface area contributed by atoms with Crippen LogP contribution in [0.3, 0.4) is 0 Å². The van der Waals surface area contributed by atoms with E-state index >= 15 is 0 Å². The van der Waals surface area contributed by atoms with E-state index in [2.05, 4.69) is 18.9 Å². The van der Waals surface area contributed by atoms with E-state index in [9.17, 15) is 5.11 Å². The molecule has 1 aromatic heterocycles. The van der Waals surface area contributed by atoms with E-state index in [1.165, 1.54) is 0 Å². The van der Waals surface area contributed by atoms with Gasteiger partial charge in [-0.25, -0.2) is 0 Å². The molecule has 0 saturated carbocycles. The van der Waals surface area contributed by atoms with Gasteiger partial charge in [0.2, 0.25) is 0 Å². The van der Waals surface area contributed by atoms with E-state index < -0.39 is 5.60 Å². The maximum Gasteiger partial charge on any atom is 0.0715 e. The van der Waals surface area contributed by atoms with Crippen LogP contribution in [0, 0.1) is 0 Å². The predicted octanol–water partition coefficient (Wildman–Crippen LogP) is 3.00. The number of aromatic nitrogens is 2. The highest BCUT2D eigenvalue weighted by Gasteiger charge is 2.22. The fourth-order valence-corrected chi connectivity index (χ4v) is 2.25. The van der Waals surface area contributed by atoms with Crippen molar-refractivity contribution in [3.05, 3.63) is 53.9 Å². The zero-order chi connectivity index (χ0) is 13.9. The molecule has 1 unspecified atom stereocenters. The normalized spacial score (nSPS) is 14.6. The van der Waals surface area contributed by atoms with Crippen molar-refractivity contribution < 1.29 is 5.11 Å². The van der Waals surface area contributed by atoms with Crippen molar-refractivity contribution >= 4 is 0 Å². The molecule has 19 heavy (non-hydrogen) atoms. The zero-order valence-corrected chi connectivity index (χ0v) is 11.9. The Kier molecular flexibility index (Phi) is 4.05. The first-order valence-corrected chi connectivity index (χ1v) is 6.77. The monoisotopic (exact) mass is 258 g/mol. The maximum atomic E-state index is 10.5. The van der Waals surface area contributed by atoms with Crippen molar-refractivity contribution in [2.75, 3.05) is 0 Å². The Bertz CT molecular complexity index is 515. The molecule has 102 valence electrons. The molecule has 3 nitrogen and oxygen atoms in total. The second kappa shape index (κ2) is 5.57. The maximum absolute atomic E-state index is 10.5. The molecule has 0 aliphatic carbocycles. The number of nitrogens with zero attached hydrogens (tertiary/aromatic N) is 2. The van der Waals surface area contributed by atoms with Gasteiger partial charge in [0.1, 0.15) is 0 Å². The van der Waals surface area contributed by atoms with Gasteiger partial charge in [0, 0.05) is 25.1 Å². The van der Waals surface area contributed by atoms with Gasteiger partial charge in [0.25, 0.3) is 0 Å². The molecule has 1 N–H and O–H groups in total. The Balaban J connectivity index is 2.03. The van der Waals surface area contributed by atoms with Gasteiger partial charge in [-0.15, -0.1) is 0 Å². The van der Waals surface area contributed by atoms with Crippen LogP contribution in [0.1, 0.15) is 38.1 Å². The Morgan fingerprint density at radius 3 is 2.42 bits per heavy atom. The molecule has 0 aliphatic heterocycles. The van der Waals surface area contributed by atoms with Crippen LogP contribution in [-0.4, -0.2) is 20.5 Å². The second-order valence-corrected chi connectivity index (χ2v) is 5.72. The summed E-state index contributed by atoms with van der Waals surface area (Å²) in [7, 11) is 0. The molecule has 0 bridgehead atoms. The molecule has 0 saturated heterocycles. The molecule has 1 heterocycles. The Hall–Kier alpha value is -1.61. The highest BCUT2D eigenvalue weighted by Crippen LogP contribution is 2.18. The van der Waals surface area contributed by atoms with Crippen LogP contribution in [0.5, 0.6) is 0 Å². The summed E-state index contributed by atoms with van der Waals surface area (Å²) in [5.74, 6) is 0. The first kappa shape index (κ1) is 13.8. The quantitative estimate of drug-likeness (QED) is 0.895. The number of aliphatic hydroxyl groups is 1. The van der Waals surface area contributed by atoms with Crippen LogP contribution in [0.25, 0.3) is 0 Å². The van der Waals surface area contributed by atoms with Crippen LogP contribution in [-0.2, 0) is 12.8 Å². The van der Waals surface area contributed by atoms with Crippen molar-refractivity contribution in [1.82, 2.24) is 9.78 Å². The van der Waals surface area contributed by atoms with E-state index in [4.69, 9.17) is 0 Å². The molecule has 1 atom stereocenters. The van der Waals surface area contributed by atoms with E-state index in [0.29, 0.717) is 18.9 Å². The lowest BCUT2D eigenvalue weighted by molar-refractivity contribution is 0.0596. The Labute approximate surface area is 114 Å². The summed E-state index contributed by atoms with van der Waals surface area (Å²) in [6.45, 7) is 6.06. The minimum absolute atomic E-state index is 0.354. The van der Waals surface area contributed by atoms with Crippen LogP contribution in [0.15, 0.2) is 42.6 Å². The third kappa shape index (κ3) is 3.93. The standard InChI is InChI=1S/C16H22N2O/c1-13(2)18-10-9-15(17-18)12-16(3,19)11-14-7-5-4-6-8-14/h4-10,13,19H,11-12H2,1-3H3. The van der Waals surface area contributed by atoms with Gasteiger partial charge >= 0.3 is 0 Å². The fourth-order valence-electron chi connectivity index (χ4n) is 2.25. The second-order valence-electron chi connectivity index (χ2n) is 5.72. The van der Waals surface area contributed by atoms with Crippen molar-refractivity contribution in [1.29, 1.82) is 0 Å². The predicted molar refractivity (Wildman–Crippen MR) is 77.1 cm³/mol. The van der Waals surface area contributed by atoms with Gasteiger partial charge < -0.3 is 5.11 Å². The largest absolute Gasteiger partial charge is 0.389 e.